The van der Waals surface area contributed by atoms with Crippen LogP contribution in [0.1, 0.15) is 19.3 Å². The molecule has 1 heterocycles. The number of piperidine rings is 1. The van der Waals surface area contributed by atoms with Crippen LogP contribution in [-0.2, 0) is 14.8 Å². The normalized spacial score (nSPS) is 19.5. The van der Waals surface area contributed by atoms with Gasteiger partial charge in [0.1, 0.15) is 0 Å². The van der Waals surface area contributed by atoms with Crippen LogP contribution in [0.4, 0.5) is 5.69 Å². The summed E-state index contributed by atoms with van der Waals surface area (Å²) in [7, 11) is -0.536. The Labute approximate surface area is 125 Å². The van der Waals surface area contributed by atoms with Crippen molar-refractivity contribution in [2.24, 2.45) is 0 Å². The molecule has 116 valence electrons. The third kappa shape index (κ3) is 3.81. The quantitative estimate of drug-likeness (QED) is 0.870. The van der Waals surface area contributed by atoms with Gasteiger partial charge in [-0.3, -0.25) is 4.79 Å². The number of hydrogen-bond donors (Lipinski definition) is 2. The molecule has 1 saturated heterocycles. The summed E-state index contributed by atoms with van der Waals surface area (Å²) in [5, 5.41) is 5.94. The lowest BCUT2D eigenvalue weighted by atomic mass is 10.0. The van der Waals surface area contributed by atoms with E-state index in [-0.39, 0.29) is 16.8 Å². The molecule has 0 unspecified atom stereocenters. The maximum atomic E-state index is 12.1. The number of amides is 1. The first-order valence-corrected chi connectivity index (χ1v) is 8.42. The summed E-state index contributed by atoms with van der Waals surface area (Å²) in [6.45, 7) is 0.840. The number of anilines is 1. The number of nitrogens with one attached hydrogen (secondary N) is 2. The largest absolute Gasteiger partial charge is 0.325 e. The summed E-state index contributed by atoms with van der Waals surface area (Å²) in [4.78, 5) is 12.3. The van der Waals surface area contributed by atoms with Crippen LogP contribution >= 0.6 is 0 Å². The molecule has 0 spiro atoms. The average Bonchev–Trinajstić information content (AvgIpc) is 2.48. The van der Waals surface area contributed by atoms with Crippen LogP contribution in [0.5, 0.6) is 0 Å². The van der Waals surface area contributed by atoms with Crippen molar-refractivity contribution in [1.82, 2.24) is 9.62 Å². The fraction of sp³-hybridized carbons (Fsp3) is 0.500. The van der Waals surface area contributed by atoms with E-state index in [4.69, 9.17) is 0 Å². The second kappa shape index (κ2) is 6.55. The van der Waals surface area contributed by atoms with E-state index in [0.29, 0.717) is 5.69 Å². The number of carbonyl (C=O) groups is 1. The van der Waals surface area contributed by atoms with Crippen molar-refractivity contribution in [2.75, 3.05) is 26.0 Å². The van der Waals surface area contributed by atoms with Crippen LogP contribution in [0.3, 0.4) is 0 Å². The Hall–Kier alpha value is -1.44. The van der Waals surface area contributed by atoms with Crippen molar-refractivity contribution in [3.05, 3.63) is 24.3 Å². The predicted octanol–water partition coefficient (Wildman–Crippen LogP) is 1.02. The van der Waals surface area contributed by atoms with Gasteiger partial charge in [0, 0.05) is 19.8 Å². The molecule has 0 radical (unpaired) electrons. The van der Waals surface area contributed by atoms with E-state index in [2.05, 4.69) is 10.6 Å². The standard InChI is InChI=1S/C14H21N3O3S/c1-17(2)21(19,20)12-7-5-6-11(10-12)16-14(18)13-8-3-4-9-15-13/h5-7,10,13,15H,3-4,8-9H2,1-2H3,(H,16,18)/t13-/m1/s1. The molecule has 0 aromatic heterocycles. The van der Waals surface area contributed by atoms with E-state index in [1.165, 1.54) is 26.2 Å². The van der Waals surface area contributed by atoms with Crippen LogP contribution in [0, 0.1) is 0 Å². The van der Waals surface area contributed by atoms with Crippen LogP contribution in [-0.4, -0.2) is 45.3 Å². The van der Waals surface area contributed by atoms with Crippen molar-refractivity contribution in [1.29, 1.82) is 0 Å². The first-order valence-electron chi connectivity index (χ1n) is 6.98. The lowest BCUT2D eigenvalue weighted by Crippen LogP contribution is -2.43. The van der Waals surface area contributed by atoms with Gasteiger partial charge in [0.25, 0.3) is 0 Å². The second-order valence-electron chi connectivity index (χ2n) is 5.31. The van der Waals surface area contributed by atoms with Crippen LogP contribution in [0.15, 0.2) is 29.2 Å². The first kappa shape index (κ1) is 15.9. The Morgan fingerprint density at radius 3 is 2.71 bits per heavy atom. The molecule has 21 heavy (non-hydrogen) atoms. The lowest BCUT2D eigenvalue weighted by Gasteiger charge is -2.22. The monoisotopic (exact) mass is 311 g/mol. The summed E-state index contributed by atoms with van der Waals surface area (Å²) >= 11 is 0. The fourth-order valence-corrected chi connectivity index (χ4v) is 3.20. The first-order chi connectivity index (χ1) is 9.91. The number of sulfonamides is 1. The summed E-state index contributed by atoms with van der Waals surface area (Å²) in [5.74, 6) is -0.117. The van der Waals surface area contributed by atoms with Gasteiger partial charge in [-0.15, -0.1) is 0 Å². The van der Waals surface area contributed by atoms with E-state index in [1.807, 2.05) is 0 Å². The van der Waals surface area contributed by atoms with Crippen LogP contribution in [0.25, 0.3) is 0 Å². The summed E-state index contributed by atoms with van der Waals surface area (Å²) in [6.07, 6.45) is 2.92. The van der Waals surface area contributed by atoms with Gasteiger partial charge < -0.3 is 10.6 Å². The van der Waals surface area contributed by atoms with Crippen molar-refractivity contribution in [3.63, 3.8) is 0 Å². The summed E-state index contributed by atoms with van der Waals surface area (Å²) in [6, 6.07) is 6.11. The minimum absolute atomic E-state index is 0.117. The molecule has 1 aromatic rings. The molecule has 1 amide bonds. The molecule has 1 aromatic carbocycles. The highest BCUT2D eigenvalue weighted by atomic mass is 32.2. The molecular formula is C14H21N3O3S. The van der Waals surface area contributed by atoms with E-state index < -0.39 is 10.0 Å². The molecule has 0 aliphatic carbocycles. The minimum Gasteiger partial charge on any atom is -0.325 e. The third-order valence-electron chi connectivity index (χ3n) is 3.51. The van der Waals surface area contributed by atoms with Gasteiger partial charge in [0.2, 0.25) is 15.9 Å². The zero-order valence-corrected chi connectivity index (χ0v) is 13.1. The highest BCUT2D eigenvalue weighted by molar-refractivity contribution is 7.89. The van der Waals surface area contributed by atoms with Crippen molar-refractivity contribution < 1.29 is 13.2 Å². The average molecular weight is 311 g/mol. The Bertz CT molecular complexity index is 608. The fourth-order valence-electron chi connectivity index (χ4n) is 2.25. The zero-order chi connectivity index (χ0) is 15.5. The molecule has 6 nitrogen and oxygen atoms in total. The highest BCUT2D eigenvalue weighted by Crippen LogP contribution is 2.18. The molecule has 7 heteroatoms. The van der Waals surface area contributed by atoms with E-state index >= 15 is 0 Å². The van der Waals surface area contributed by atoms with Crippen molar-refractivity contribution in [3.8, 4) is 0 Å². The van der Waals surface area contributed by atoms with Gasteiger partial charge in [-0.2, -0.15) is 0 Å². The zero-order valence-electron chi connectivity index (χ0n) is 12.3. The van der Waals surface area contributed by atoms with Gasteiger partial charge in [-0.1, -0.05) is 12.5 Å². The molecule has 1 atom stereocenters. The molecule has 1 fully saturated rings. The second-order valence-corrected chi connectivity index (χ2v) is 7.46. The number of benzene rings is 1. The highest BCUT2D eigenvalue weighted by Gasteiger charge is 2.21. The predicted molar refractivity (Wildman–Crippen MR) is 81.6 cm³/mol. The van der Waals surface area contributed by atoms with Gasteiger partial charge in [0.15, 0.2) is 0 Å². The maximum Gasteiger partial charge on any atom is 0.242 e. The summed E-state index contributed by atoms with van der Waals surface area (Å²) in [5.41, 5.74) is 0.496. The molecule has 0 bridgehead atoms. The third-order valence-corrected chi connectivity index (χ3v) is 5.32. The summed E-state index contributed by atoms with van der Waals surface area (Å²) < 4.78 is 25.3. The topological polar surface area (TPSA) is 78.5 Å². The Morgan fingerprint density at radius 1 is 1.33 bits per heavy atom. The minimum atomic E-state index is -3.49. The van der Waals surface area contributed by atoms with Crippen LogP contribution < -0.4 is 10.6 Å². The van der Waals surface area contributed by atoms with Gasteiger partial charge in [-0.05, 0) is 37.6 Å². The molecule has 2 N–H and O–H groups in total. The van der Waals surface area contributed by atoms with Crippen molar-refractivity contribution >= 4 is 21.6 Å². The smallest absolute Gasteiger partial charge is 0.242 e. The SMILES string of the molecule is CN(C)S(=O)(=O)c1cccc(NC(=O)[C@H]2CCCCN2)c1. The lowest BCUT2D eigenvalue weighted by molar-refractivity contribution is -0.118. The van der Waals surface area contributed by atoms with Gasteiger partial charge in [-0.25, -0.2) is 12.7 Å². The number of nitrogens with zero attached hydrogens (tertiary/aromatic N) is 1. The number of hydrogen-bond acceptors (Lipinski definition) is 4. The number of carbonyl (C=O) groups excluding carboxylic acids is 1. The Balaban J connectivity index is 2.13. The molecule has 1 aliphatic heterocycles. The molecule has 2 rings (SSSR count). The molecular weight excluding hydrogens is 290 g/mol. The van der Waals surface area contributed by atoms with Crippen molar-refractivity contribution in [2.45, 2.75) is 30.2 Å². The van der Waals surface area contributed by atoms with E-state index in [9.17, 15) is 13.2 Å². The molecule has 1 aliphatic rings. The van der Waals surface area contributed by atoms with Gasteiger partial charge >= 0.3 is 0 Å². The Kier molecular flexibility index (Phi) is 4.97. The van der Waals surface area contributed by atoms with Crippen LogP contribution in [0.2, 0.25) is 0 Å². The van der Waals surface area contributed by atoms with E-state index in [0.717, 1.165) is 30.1 Å². The number of rotatable bonds is 4. The molecule has 0 saturated carbocycles. The van der Waals surface area contributed by atoms with E-state index in [1.54, 1.807) is 12.1 Å². The Morgan fingerprint density at radius 2 is 2.10 bits per heavy atom. The van der Waals surface area contributed by atoms with Gasteiger partial charge in [0.05, 0.1) is 10.9 Å². The maximum absolute atomic E-state index is 12.1.